The molecule has 4 atom stereocenters. The summed E-state index contributed by atoms with van der Waals surface area (Å²) < 4.78 is 0. The Morgan fingerprint density at radius 2 is 1.79 bits per heavy atom. The highest BCUT2D eigenvalue weighted by Crippen LogP contribution is 2.51. The Hall–Kier alpha value is -0.260. The molecule has 0 aliphatic heterocycles. The van der Waals surface area contributed by atoms with Crippen molar-refractivity contribution in [1.29, 1.82) is 0 Å². The van der Waals surface area contributed by atoms with Crippen LogP contribution in [0.5, 0.6) is 0 Å². The lowest BCUT2D eigenvalue weighted by molar-refractivity contribution is 0.0907. The maximum Gasteiger partial charge on any atom is -0.0169 e. The summed E-state index contributed by atoms with van der Waals surface area (Å²) in [4.78, 5) is 0. The summed E-state index contributed by atoms with van der Waals surface area (Å²) >= 11 is 0. The first-order valence-electron chi connectivity index (χ1n) is 6.52. The molecule has 3 rings (SSSR count). The predicted octanol–water partition coefficient (Wildman–Crippen LogP) is 4.17. The van der Waals surface area contributed by atoms with Gasteiger partial charge in [-0.15, -0.1) is 0 Å². The maximum absolute atomic E-state index is 2.63. The summed E-state index contributed by atoms with van der Waals surface area (Å²) in [6.45, 7) is 2.34. The highest BCUT2D eigenvalue weighted by molar-refractivity contribution is 5.14. The van der Waals surface area contributed by atoms with Crippen molar-refractivity contribution < 1.29 is 0 Å². The van der Waals surface area contributed by atoms with E-state index in [0.717, 1.165) is 23.7 Å². The summed E-state index contributed by atoms with van der Waals surface area (Å²) in [5, 5.41) is 0. The fourth-order valence-corrected chi connectivity index (χ4v) is 4.38. The van der Waals surface area contributed by atoms with Crippen molar-refractivity contribution in [2.24, 2.45) is 23.7 Å². The molecule has 14 heavy (non-hydrogen) atoms. The minimum Gasteiger partial charge on any atom is -0.0819 e. The van der Waals surface area contributed by atoms with Crippen LogP contribution in [0.4, 0.5) is 0 Å². The molecule has 0 radical (unpaired) electrons. The summed E-state index contributed by atoms with van der Waals surface area (Å²) in [5.41, 5.74) is 1.69. The maximum atomic E-state index is 2.63. The van der Waals surface area contributed by atoms with Crippen molar-refractivity contribution in [3.05, 3.63) is 11.6 Å². The molecule has 3 aliphatic carbocycles. The summed E-state index contributed by atoms with van der Waals surface area (Å²) in [6, 6.07) is 0. The van der Waals surface area contributed by atoms with Crippen molar-refractivity contribution in [3.63, 3.8) is 0 Å². The number of fused-ring (bicyclic) bond motifs is 3. The van der Waals surface area contributed by atoms with E-state index in [4.69, 9.17) is 0 Å². The number of rotatable bonds is 0. The second-order valence-corrected chi connectivity index (χ2v) is 5.84. The van der Waals surface area contributed by atoms with Gasteiger partial charge in [-0.25, -0.2) is 0 Å². The molecule has 3 aliphatic rings. The van der Waals surface area contributed by atoms with Gasteiger partial charge in [-0.2, -0.15) is 0 Å². The quantitative estimate of drug-likeness (QED) is 0.503. The van der Waals surface area contributed by atoms with E-state index in [0.29, 0.717) is 0 Å². The summed E-state index contributed by atoms with van der Waals surface area (Å²) in [7, 11) is 0. The molecule has 0 aromatic rings. The van der Waals surface area contributed by atoms with Gasteiger partial charge in [0.15, 0.2) is 0 Å². The normalized spacial score (nSPS) is 46.8. The fraction of sp³-hybridized carbons (Fsp3) is 0.857. The Kier molecular flexibility index (Phi) is 2.18. The molecule has 78 valence electrons. The highest BCUT2D eigenvalue weighted by Gasteiger charge is 2.41. The van der Waals surface area contributed by atoms with Crippen molar-refractivity contribution >= 4 is 0 Å². The van der Waals surface area contributed by atoms with Gasteiger partial charge in [0.1, 0.15) is 0 Å². The van der Waals surface area contributed by atoms with E-state index in [-0.39, 0.29) is 0 Å². The minimum absolute atomic E-state index is 0.994. The Labute approximate surface area is 87.8 Å². The zero-order valence-electron chi connectivity index (χ0n) is 9.34. The van der Waals surface area contributed by atoms with Gasteiger partial charge in [-0.1, -0.05) is 30.9 Å². The zero-order chi connectivity index (χ0) is 9.54. The van der Waals surface area contributed by atoms with E-state index in [9.17, 15) is 0 Å². The Morgan fingerprint density at radius 1 is 1.00 bits per heavy atom. The van der Waals surface area contributed by atoms with E-state index < -0.39 is 0 Å². The number of hydrogen-bond donors (Lipinski definition) is 0. The second-order valence-electron chi connectivity index (χ2n) is 5.84. The van der Waals surface area contributed by atoms with Crippen LogP contribution in [-0.2, 0) is 0 Å². The van der Waals surface area contributed by atoms with E-state index in [2.05, 4.69) is 13.0 Å². The van der Waals surface area contributed by atoms with Crippen LogP contribution in [0.3, 0.4) is 0 Å². The second kappa shape index (κ2) is 3.40. The minimum atomic E-state index is 0.994. The van der Waals surface area contributed by atoms with Gasteiger partial charge in [0.05, 0.1) is 0 Å². The number of allylic oxidation sites excluding steroid dienone is 2. The highest BCUT2D eigenvalue weighted by atomic mass is 14.5. The van der Waals surface area contributed by atoms with Crippen LogP contribution in [0.2, 0.25) is 0 Å². The van der Waals surface area contributed by atoms with Gasteiger partial charge < -0.3 is 0 Å². The van der Waals surface area contributed by atoms with Crippen molar-refractivity contribution in [3.8, 4) is 0 Å². The first-order chi connectivity index (χ1) is 6.84. The third-order valence-corrected chi connectivity index (χ3v) is 4.98. The molecule has 0 saturated heterocycles. The van der Waals surface area contributed by atoms with E-state index in [1.165, 1.54) is 32.1 Å². The lowest BCUT2D eigenvalue weighted by atomic mass is 9.63. The zero-order valence-corrected chi connectivity index (χ0v) is 9.34. The van der Waals surface area contributed by atoms with Crippen LogP contribution in [0.1, 0.15) is 51.9 Å². The first-order valence-corrected chi connectivity index (χ1v) is 6.52. The molecule has 0 heterocycles. The van der Waals surface area contributed by atoms with E-state index in [1.807, 2.05) is 0 Å². The lowest BCUT2D eigenvalue weighted by Crippen LogP contribution is -2.33. The average Bonchev–Trinajstić information content (AvgIpc) is 2.59. The molecular weight excluding hydrogens is 168 g/mol. The van der Waals surface area contributed by atoms with E-state index in [1.54, 1.807) is 18.4 Å². The average molecular weight is 190 g/mol. The fourth-order valence-electron chi connectivity index (χ4n) is 4.38. The lowest BCUT2D eigenvalue weighted by Gasteiger charge is -2.42. The van der Waals surface area contributed by atoms with Crippen LogP contribution in [0.15, 0.2) is 11.6 Å². The largest absolute Gasteiger partial charge is 0.0819 e. The first kappa shape index (κ1) is 9.00. The molecule has 0 nitrogen and oxygen atoms in total. The predicted molar refractivity (Wildman–Crippen MR) is 60.0 cm³/mol. The van der Waals surface area contributed by atoms with Crippen LogP contribution >= 0.6 is 0 Å². The molecule has 0 N–H and O–H groups in total. The molecule has 0 heteroatoms. The van der Waals surface area contributed by atoms with Gasteiger partial charge in [0.25, 0.3) is 0 Å². The molecule has 2 fully saturated rings. The van der Waals surface area contributed by atoms with Crippen LogP contribution in [0.25, 0.3) is 0 Å². The Bertz CT molecular complexity index is 251. The molecule has 4 unspecified atom stereocenters. The van der Waals surface area contributed by atoms with E-state index >= 15 is 0 Å². The Morgan fingerprint density at radius 3 is 2.71 bits per heavy atom. The van der Waals surface area contributed by atoms with Gasteiger partial charge in [0.2, 0.25) is 0 Å². The van der Waals surface area contributed by atoms with Crippen molar-refractivity contribution in [2.45, 2.75) is 51.9 Å². The monoisotopic (exact) mass is 190 g/mol. The van der Waals surface area contributed by atoms with Crippen LogP contribution in [0, 0.1) is 23.7 Å². The molecule has 0 spiro atoms. The third-order valence-electron chi connectivity index (χ3n) is 4.98. The number of hydrogen-bond acceptors (Lipinski definition) is 0. The molecule has 2 saturated carbocycles. The summed E-state index contributed by atoms with van der Waals surface area (Å²) in [5.74, 6) is 4.23. The SMILES string of the molecule is CC1=CC2C(CCC3CCCCC32)C1. The van der Waals surface area contributed by atoms with Crippen molar-refractivity contribution in [1.82, 2.24) is 0 Å². The van der Waals surface area contributed by atoms with Gasteiger partial charge >= 0.3 is 0 Å². The van der Waals surface area contributed by atoms with Gasteiger partial charge in [-0.05, 0) is 56.3 Å². The molecule has 0 amide bonds. The topological polar surface area (TPSA) is 0 Å². The smallest absolute Gasteiger partial charge is 0.0169 e. The third kappa shape index (κ3) is 1.34. The molecule has 0 aromatic heterocycles. The van der Waals surface area contributed by atoms with Gasteiger partial charge in [-0.3, -0.25) is 0 Å². The van der Waals surface area contributed by atoms with Crippen LogP contribution in [-0.4, -0.2) is 0 Å². The van der Waals surface area contributed by atoms with Crippen LogP contribution < -0.4 is 0 Å². The molecule has 0 aromatic carbocycles. The molecule has 0 bridgehead atoms. The van der Waals surface area contributed by atoms with Gasteiger partial charge in [0, 0.05) is 0 Å². The molecular formula is C14H22. The standard InChI is InChI=1S/C14H22/c1-10-8-12-7-6-11-4-2-3-5-13(11)14(12)9-10/h9,11-14H,2-8H2,1H3. The summed E-state index contributed by atoms with van der Waals surface area (Å²) in [6.07, 6.45) is 13.2. The van der Waals surface area contributed by atoms with Crippen molar-refractivity contribution in [2.75, 3.05) is 0 Å². The Balaban J connectivity index is 1.81.